The number of carbonyl (C=O) groups excluding carboxylic acids is 1. The van der Waals surface area contributed by atoms with Crippen LogP contribution in [0.4, 0.5) is 5.82 Å². The first-order valence-electron chi connectivity index (χ1n) is 7.49. The van der Waals surface area contributed by atoms with Gasteiger partial charge in [-0.1, -0.05) is 0 Å². The number of nitrogens with one attached hydrogen (secondary N) is 1. The zero-order chi connectivity index (χ0) is 15.7. The number of aromatic nitrogens is 2. The number of rotatable bonds is 2. The van der Waals surface area contributed by atoms with Crippen LogP contribution >= 0.6 is 0 Å². The molecule has 22 heavy (non-hydrogen) atoms. The van der Waals surface area contributed by atoms with Gasteiger partial charge in [0.05, 0.1) is 23.7 Å². The molecular formula is C16H19N3O3. The summed E-state index contributed by atoms with van der Waals surface area (Å²) in [6.07, 6.45) is 3.29. The average Bonchev–Trinajstić information content (AvgIpc) is 2.54. The zero-order valence-electron chi connectivity index (χ0n) is 12.8. The average molecular weight is 301 g/mol. The fraction of sp³-hybridized carbons (Fsp3) is 0.438. The van der Waals surface area contributed by atoms with Crippen LogP contribution in [0, 0.1) is 0 Å². The number of H-pyrrole nitrogens is 1. The molecule has 0 radical (unpaired) electrons. The number of fused-ring (bicyclic) bond motifs is 1. The third kappa shape index (κ3) is 2.56. The van der Waals surface area contributed by atoms with E-state index in [-0.39, 0.29) is 5.56 Å². The van der Waals surface area contributed by atoms with Crippen molar-refractivity contribution in [1.82, 2.24) is 9.97 Å². The van der Waals surface area contributed by atoms with Crippen LogP contribution in [0.25, 0.3) is 11.0 Å². The Kier molecular flexibility index (Phi) is 3.83. The monoisotopic (exact) mass is 301 g/mol. The highest BCUT2D eigenvalue weighted by Gasteiger charge is 2.22. The topological polar surface area (TPSA) is 75.3 Å². The summed E-state index contributed by atoms with van der Waals surface area (Å²) in [7, 11) is 1.34. The predicted octanol–water partition coefficient (Wildman–Crippen LogP) is 2.09. The van der Waals surface area contributed by atoms with Crippen molar-refractivity contribution in [1.29, 1.82) is 0 Å². The molecule has 1 aliphatic rings. The number of hydrogen-bond acceptors (Lipinski definition) is 5. The molecule has 1 fully saturated rings. The molecule has 6 heteroatoms. The minimum Gasteiger partial charge on any atom is -0.465 e. The van der Waals surface area contributed by atoms with Crippen LogP contribution in [0.15, 0.2) is 23.0 Å². The summed E-state index contributed by atoms with van der Waals surface area (Å²) in [5, 5.41) is 0. The molecule has 0 aliphatic carbocycles. The molecule has 1 atom stereocenters. The van der Waals surface area contributed by atoms with Gasteiger partial charge in [-0.05, 0) is 44.4 Å². The number of piperidine rings is 1. The number of methoxy groups -OCH3 is 1. The van der Waals surface area contributed by atoms with Crippen LogP contribution < -0.4 is 10.5 Å². The van der Waals surface area contributed by atoms with Crippen molar-refractivity contribution >= 4 is 22.8 Å². The molecule has 0 amide bonds. The Morgan fingerprint density at radius 3 is 2.95 bits per heavy atom. The fourth-order valence-electron chi connectivity index (χ4n) is 2.93. The Bertz CT molecular complexity index is 769. The van der Waals surface area contributed by atoms with E-state index in [1.807, 2.05) is 4.90 Å². The Balaban J connectivity index is 2.09. The molecule has 6 nitrogen and oxygen atoms in total. The van der Waals surface area contributed by atoms with Crippen molar-refractivity contribution in [3.05, 3.63) is 34.1 Å². The molecule has 2 heterocycles. The van der Waals surface area contributed by atoms with Gasteiger partial charge < -0.3 is 14.6 Å². The fourth-order valence-corrected chi connectivity index (χ4v) is 2.93. The van der Waals surface area contributed by atoms with E-state index in [2.05, 4.69) is 16.9 Å². The maximum absolute atomic E-state index is 12.3. The summed E-state index contributed by atoms with van der Waals surface area (Å²) in [6, 6.07) is 5.24. The van der Waals surface area contributed by atoms with Crippen LogP contribution in [0.1, 0.15) is 36.5 Å². The third-order valence-electron chi connectivity index (χ3n) is 4.17. The van der Waals surface area contributed by atoms with Gasteiger partial charge in [0.1, 0.15) is 0 Å². The zero-order valence-corrected chi connectivity index (χ0v) is 12.8. The maximum Gasteiger partial charge on any atom is 0.337 e. The smallest absolute Gasteiger partial charge is 0.337 e. The Morgan fingerprint density at radius 2 is 2.23 bits per heavy atom. The molecule has 0 bridgehead atoms. The summed E-state index contributed by atoms with van der Waals surface area (Å²) in [4.78, 5) is 33.3. The van der Waals surface area contributed by atoms with Crippen LogP contribution in [0.2, 0.25) is 0 Å². The van der Waals surface area contributed by atoms with Gasteiger partial charge in [0.15, 0.2) is 5.82 Å². The summed E-state index contributed by atoms with van der Waals surface area (Å²) in [5.74, 6) is 0.0181. The molecule has 1 unspecified atom stereocenters. The molecule has 116 valence electrons. The highest BCUT2D eigenvalue weighted by atomic mass is 16.5. The van der Waals surface area contributed by atoms with E-state index in [0.717, 1.165) is 19.4 Å². The molecule has 3 rings (SSSR count). The van der Waals surface area contributed by atoms with Crippen LogP contribution in [0.3, 0.4) is 0 Å². The van der Waals surface area contributed by atoms with E-state index in [4.69, 9.17) is 4.74 Å². The normalized spacial score (nSPS) is 18.5. The van der Waals surface area contributed by atoms with Gasteiger partial charge >= 0.3 is 5.97 Å². The van der Waals surface area contributed by atoms with Crippen molar-refractivity contribution in [2.75, 3.05) is 18.6 Å². The quantitative estimate of drug-likeness (QED) is 0.860. The number of anilines is 1. The number of ether oxygens (including phenoxy) is 1. The van der Waals surface area contributed by atoms with Crippen molar-refractivity contribution < 1.29 is 9.53 Å². The maximum atomic E-state index is 12.3. The van der Waals surface area contributed by atoms with E-state index in [1.54, 1.807) is 18.2 Å². The first-order chi connectivity index (χ1) is 10.6. The van der Waals surface area contributed by atoms with E-state index in [9.17, 15) is 9.59 Å². The molecule has 1 aliphatic heterocycles. The molecule has 1 saturated heterocycles. The summed E-state index contributed by atoms with van der Waals surface area (Å²) in [6.45, 7) is 2.94. The van der Waals surface area contributed by atoms with Gasteiger partial charge in [-0.3, -0.25) is 4.79 Å². The third-order valence-corrected chi connectivity index (χ3v) is 4.17. The molecule has 1 N–H and O–H groups in total. The molecule has 1 aromatic carbocycles. The molecule has 2 aromatic rings. The van der Waals surface area contributed by atoms with Gasteiger partial charge in [-0.2, -0.15) is 0 Å². The molecule has 0 saturated carbocycles. The first-order valence-corrected chi connectivity index (χ1v) is 7.49. The van der Waals surface area contributed by atoms with Gasteiger partial charge in [0.2, 0.25) is 0 Å². The van der Waals surface area contributed by atoms with E-state index in [0.29, 0.717) is 28.5 Å². The number of hydrogen-bond donors (Lipinski definition) is 1. The van der Waals surface area contributed by atoms with Gasteiger partial charge in [0.25, 0.3) is 5.56 Å². The lowest BCUT2D eigenvalue weighted by molar-refractivity contribution is 0.0601. The minimum absolute atomic E-state index is 0.188. The van der Waals surface area contributed by atoms with Gasteiger partial charge in [0, 0.05) is 12.6 Å². The number of aromatic amines is 1. The van der Waals surface area contributed by atoms with Crippen molar-refractivity contribution in [3.63, 3.8) is 0 Å². The minimum atomic E-state index is -0.414. The number of carbonyl (C=O) groups is 1. The molecule has 0 spiro atoms. The standard InChI is InChI=1S/C16H19N3O3/c1-10-5-3-4-8-19(10)14-15(20)18-12-7-6-11(16(21)22-2)9-13(12)17-14/h6-7,9-10H,3-5,8H2,1-2H3,(H,18,20). The van der Waals surface area contributed by atoms with Crippen LogP contribution in [-0.2, 0) is 4.74 Å². The lowest BCUT2D eigenvalue weighted by Crippen LogP contribution is -2.41. The number of benzene rings is 1. The second kappa shape index (κ2) is 5.79. The van der Waals surface area contributed by atoms with Gasteiger partial charge in [-0.15, -0.1) is 0 Å². The predicted molar refractivity (Wildman–Crippen MR) is 84.4 cm³/mol. The number of esters is 1. The largest absolute Gasteiger partial charge is 0.465 e. The van der Waals surface area contributed by atoms with Crippen molar-refractivity contribution in [2.45, 2.75) is 32.2 Å². The highest BCUT2D eigenvalue weighted by Crippen LogP contribution is 2.22. The second-order valence-corrected chi connectivity index (χ2v) is 5.65. The van der Waals surface area contributed by atoms with E-state index < -0.39 is 5.97 Å². The summed E-state index contributed by atoms with van der Waals surface area (Å²) in [5.41, 5.74) is 1.44. The lowest BCUT2D eigenvalue weighted by Gasteiger charge is -2.33. The Hall–Kier alpha value is -2.37. The Morgan fingerprint density at radius 1 is 1.41 bits per heavy atom. The summed E-state index contributed by atoms with van der Waals surface area (Å²) >= 11 is 0. The number of nitrogens with zero attached hydrogens (tertiary/aromatic N) is 2. The van der Waals surface area contributed by atoms with E-state index in [1.165, 1.54) is 13.5 Å². The van der Waals surface area contributed by atoms with Crippen molar-refractivity contribution in [3.8, 4) is 0 Å². The highest BCUT2D eigenvalue weighted by molar-refractivity contribution is 5.93. The lowest BCUT2D eigenvalue weighted by atomic mass is 10.0. The van der Waals surface area contributed by atoms with Crippen LogP contribution in [-0.4, -0.2) is 35.6 Å². The SMILES string of the molecule is COC(=O)c1ccc2[nH]c(=O)c(N3CCCCC3C)nc2c1. The molecule has 1 aromatic heterocycles. The molecular weight excluding hydrogens is 282 g/mol. The van der Waals surface area contributed by atoms with Crippen LogP contribution in [0.5, 0.6) is 0 Å². The second-order valence-electron chi connectivity index (χ2n) is 5.65. The van der Waals surface area contributed by atoms with Crippen molar-refractivity contribution in [2.24, 2.45) is 0 Å². The summed E-state index contributed by atoms with van der Waals surface area (Å²) < 4.78 is 4.72. The Labute approximate surface area is 128 Å². The first kappa shape index (κ1) is 14.6. The van der Waals surface area contributed by atoms with E-state index >= 15 is 0 Å². The van der Waals surface area contributed by atoms with Gasteiger partial charge in [-0.25, -0.2) is 9.78 Å².